The third kappa shape index (κ3) is 3.54. The average molecular weight is 204 g/mol. The maximum absolute atomic E-state index is 11.6. The molecular formula is C12H16N2O. The standard InChI is InChI=1S/C12H16N2O/c1-9(2)10(3)13-14-12(15)11-7-5-4-6-8-11/h4-9H,1-3H3,(H,14,15). The molecule has 0 fully saturated rings. The van der Waals surface area contributed by atoms with Crippen LogP contribution in [0.15, 0.2) is 35.4 Å². The molecule has 0 heterocycles. The number of carbonyl (C=O) groups is 1. The molecule has 15 heavy (non-hydrogen) atoms. The van der Waals surface area contributed by atoms with Crippen LogP contribution in [0, 0.1) is 5.92 Å². The van der Waals surface area contributed by atoms with Gasteiger partial charge in [-0.15, -0.1) is 0 Å². The van der Waals surface area contributed by atoms with Crippen LogP contribution >= 0.6 is 0 Å². The average Bonchev–Trinajstić information content (AvgIpc) is 2.26. The highest BCUT2D eigenvalue weighted by Crippen LogP contribution is 1.99. The fourth-order valence-electron chi connectivity index (χ4n) is 0.922. The predicted octanol–water partition coefficient (Wildman–Crippen LogP) is 2.45. The Hall–Kier alpha value is -1.64. The lowest BCUT2D eigenvalue weighted by Crippen LogP contribution is -2.20. The van der Waals surface area contributed by atoms with Crippen LogP contribution in [-0.2, 0) is 0 Å². The van der Waals surface area contributed by atoms with Gasteiger partial charge in [-0.25, -0.2) is 5.43 Å². The number of carbonyl (C=O) groups excluding carboxylic acids is 1. The Kier molecular flexibility index (Phi) is 4.03. The van der Waals surface area contributed by atoms with Crippen LogP contribution in [0.5, 0.6) is 0 Å². The van der Waals surface area contributed by atoms with Gasteiger partial charge in [0.15, 0.2) is 0 Å². The topological polar surface area (TPSA) is 41.5 Å². The van der Waals surface area contributed by atoms with Crippen molar-refractivity contribution in [2.24, 2.45) is 11.0 Å². The smallest absolute Gasteiger partial charge is 0.267 e. The Balaban J connectivity index is 2.62. The van der Waals surface area contributed by atoms with Crippen molar-refractivity contribution in [1.82, 2.24) is 5.43 Å². The molecule has 3 heteroatoms. The molecule has 0 bridgehead atoms. The van der Waals surface area contributed by atoms with Crippen molar-refractivity contribution >= 4 is 11.6 Å². The summed E-state index contributed by atoms with van der Waals surface area (Å²) < 4.78 is 0. The monoisotopic (exact) mass is 204 g/mol. The lowest BCUT2D eigenvalue weighted by Gasteiger charge is -2.04. The largest absolute Gasteiger partial charge is 0.271 e. The number of rotatable bonds is 3. The second-order valence-electron chi connectivity index (χ2n) is 3.71. The molecule has 1 rings (SSSR count). The minimum Gasteiger partial charge on any atom is -0.267 e. The minimum absolute atomic E-state index is 0.171. The first-order valence-electron chi connectivity index (χ1n) is 5.01. The highest BCUT2D eigenvalue weighted by Gasteiger charge is 2.03. The molecule has 0 aliphatic carbocycles. The fraction of sp³-hybridized carbons (Fsp3) is 0.333. The Labute approximate surface area is 90.2 Å². The van der Waals surface area contributed by atoms with Crippen LogP contribution in [-0.4, -0.2) is 11.6 Å². The van der Waals surface area contributed by atoms with Gasteiger partial charge in [-0.2, -0.15) is 5.10 Å². The molecule has 0 aliphatic rings. The summed E-state index contributed by atoms with van der Waals surface area (Å²) >= 11 is 0. The number of hydrogen-bond acceptors (Lipinski definition) is 2. The molecule has 0 unspecified atom stereocenters. The zero-order valence-corrected chi connectivity index (χ0v) is 9.32. The maximum atomic E-state index is 11.6. The van der Waals surface area contributed by atoms with Gasteiger partial charge in [0.25, 0.3) is 5.91 Å². The highest BCUT2D eigenvalue weighted by molar-refractivity contribution is 5.95. The molecule has 3 nitrogen and oxygen atoms in total. The number of amides is 1. The second kappa shape index (κ2) is 5.29. The zero-order valence-electron chi connectivity index (χ0n) is 9.32. The quantitative estimate of drug-likeness (QED) is 0.596. The van der Waals surface area contributed by atoms with E-state index in [0.717, 1.165) is 5.71 Å². The molecule has 0 saturated carbocycles. The first-order chi connectivity index (χ1) is 7.11. The summed E-state index contributed by atoms with van der Waals surface area (Å²) in [4.78, 5) is 11.6. The Morgan fingerprint density at radius 2 is 1.87 bits per heavy atom. The van der Waals surface area contributed by atoms with Crippen molar-refractivity contribution in [3.05, 3.63) is 35.9 Å². The molecule has 0 saturated heterocycles. The van der Waals surface area contributed by atoms with Crippen molar-refractivity contribution in [3.63, 3.8) is 0 Å². The van der Waals surface area contributed by atoms with E-state index < -0.39 is 0 Å². The van der Waals surface area contributed by atoms with Crippen LogP contribution in [0.1, 0.15) is 31.1 Å². The molecule has 1 N–H and O–H groups in total. The summed E-state index contributed by atoms with van der Waals surface area (Å²) in [6, 6.07) is 9.05. The maximum Gasteiger partial charge on any atom is 0.271 e. The Bertz CT molecular complexity index is 355. The zero-order chi connectivity index (χ0) is 11.3. The van der Waals surface area contributed by atoms with E-state index in [1.54, 1.807) is 12.1 Å². The van der Waals surface area contributed by atoms with Crippen molar-refractivity contribution in [2.75, 3.05) is 0 Å². The summed E-state index contributed by atoms with van der Waals surface area (Å²) in [5.41, 5.74) is 4.07. The lowest BCUT2D eigenvalue weighted by atomic mass is 10.1. The van der Waals surface area contributed by atoms with Gasteiger partial charge in [0.05, 0.1) is 0 Å². The van der Waals surface area contributed by atoms with Crippen LogP contribution in [0.4, 0.5) is 0 Å². The summed E-state index contributed by atoms with van der Waals surface area (Å²) in [7, 11) is 0. The first kappa shape index (κ1) is 11.4. The predicted molar refractivity (Wildman–Crippen MR) is 61.9 cm³/mol. The van der Waals surface area contributed by atoms with E-state index in [-0.39, 0.29) is 5.91 Å². The molecule has 1 aromatic rings. The van der Waals surface area contributed by atoms with E-state index in [1.807, 2.05) is 39.0 Å². The molecule has 0 radical (unpaired) electrons. The van der Waals surface area contributed by atoms with E-state index in [1.165, 1.54) is 0 Å². The SMILES string of the molecule is CC(=NNC(=O)c1ccccc1)C(C)C. The van der Waals surface area contributed by atoms with Crippen LogP contribution < -0.4 is 5.43 Å². The fourth-order valence-corrected chi connectivity index (χ4v) is 0.922. The number of benzene rings is 1. The molecule has 0 atom stereocenters. The Morgan fingerprint density at radius 3 is 2.40 bits per heavy atom. The molecule has 80 valence electrons. The highest BCUT2D eigenvalue weighted by atomic mass is 16.2. The van der Waals surface area contributed by atoms with Crippen molar-refractivity contribution < 1.29 is 4.79 Å². The summed E-state index contributed by atoms with van der Waals surface area (Å²) in [5.74, 6) is 0.177. The third-order valence-corrected chi connectivity index (χ3v) is 2.21. The van der Waals surface area contributed by atoms with Gasteiger partial charge in [-0.3, -0.25) is 4.79 Å². The normalized spacial score (nSPS) is 11.6. The van der Waals surface area contributed by atoms with Gasteiger partial charge >= 0.3 is 0 Å². The number of nitrogens with zero attached hydrogens (tertiary/aromatic N) is 1. The van der Waals surface area contributed by atoms with Crippen molar-refractivity contribution in [2.45, 2.75) is 20.8 Å². The molecule has 0 aliphatic heterocycles. The van der Waals surface area contributed by atoms with Gasteiger partial charge in [0.1, 0.15) is 0 Å². The Morgan fingerprint density at radius 1 is 1.27 bits per heavy atom. The van der Waals surface area contributed by atoms with Crippen molar-refractivity contribution in [3.8, 4) is 0 Å². The van der Waals surface area contributed by atoms with E-state index >= 15 is 0 Å². The summed E-state index contributed by atoms with van der Waals surface area (Å²) in [6.45, 7) is 5.97. The number of hydrogen-bond donors (Lipinski definition) is 1. The molecule has 0 aromatic heterocycles. The van der Waals surface area contributed by atoms with Gasteiger partial charge in [0, 0.05) is 11.3 Å². The lowest BCUT2D eigenvalue weighted by molar-refractivity contribution is 0.0954. The number of hydrazone groups is 1. The van der Waals surface area contributed by atoms with Crippen LogP contribution in [0.3, 0.4) is 0 Å². The molecule has 0 spiro atoms. The molecule has 1 aromatic carbocycles. The van der Waals surface area contributed by atoms with E-state index in [2.05, 4.69) is 10.5 Å². The van der Waals surface area contributed by atoms with Crippen molar-refractivity contribution in [1.29, 1.82) is 0 Å². The summed E-state index contributed by atoms with van der Waals surface area (Å²) in [6.07, 6.45) is 0. The summed E-state index contributed by atoms with van der Waals surface area (Å²) in [5, 5.41) is 4.02. The molecule has 1 amide bonds. The number of nitrogens with one attached hydrogen (secondary N) is 1. The van der Waals surface area contributed by atoms with Crippen LogP contribution in [0.2, 0.25) is 0 Å². The van der Waals surface area contributed by atoms with E-state index in [4.69, 9.17) is 0 Å². The van der Waals surface area contributed by atoms with Crippen LogP contribution in [0.25, 0.3) is 0 Å². The van der Waals surface area contributed by atoms with Gasteiger partial charge < -0.3 is 0 Å². The van der Waals surface area contributed by atoms with E-state index in [0.29, 0.717) is 11.5 Å². The van der Waals surface area contributed by atoms with Gasteiger partial charge in [-0.1, -0.05) is 32.0 Å². The van der Waals surface area contributed by atoms with Gasteiger partial charge in [-0.05, 0) is 25.0 Å². The van der Waals surface area contributed by atoms with E-state index in [9.17, 15) is 4.79 Å². The minimum atomic E-state index is -0.171. The third-order valence-electron chi connectivity index (χ3n) is 2.21. The first-order valence-corrected chi connectivity index (χ1v) is 5.01. The second-order valence-corrected chi connectivity index (χ2v) is 3.71. The van der Waals surface area contributed by atoms with Gasteiger partial charge in [0.2, 0.25) is 0 Å². The molecular weight excluding hydrogens is 188 g/mol.